The average molecular weight is 422 g/mol. The lowest BCUT2D eigenvalue weighted by atomic mass is 10.1. The molecule has 0 spiro atoms. The quantitative estimate of drug-likeness (QED) is 0.687. The Balaban J connectivity index is 1.49. The van der Waals surface area contributed by atoms with Gasteiger partial charge in [-0.25, -0.2) is 4.79 Å². The molecule has 1 aromatic heterocycles. The summed E-state index contributed by atoms with van der Waals surface area (Å²) in [5.41, 5.74) is 1.34. The zero-order valence-corrected chi connectivity index (χ0v) is 16.7. The first kappa shape index (κ1) is 20.7. The molecule has 0 N–H and O–H groups in total. The molecule has 2 amide bonds. The van der Waals surface area contributed by atoms with Crippen LogP contribution in [-0.2, 0) is 12.7 Å². The fourth-order valence-electron chi connectivity index (χ4n) is 4.24. The third-order valence-electron chi connectivity index (χ3n) is 5.86. The van der Waals surface area contributed by atoms with Crippen molar-refractivity contribution in [3.8, 4) is 11.5 Å². The number of carbonyl (C=O) groups is 1. The minimum Gasteiger partial charge on any atom is -0.413 e. The van der Waals surface area contributed by atoms with Gasteiger partial charge in [0.05, 0.1) is 0 Å². The summed E-state index contributed by atoms with van der Waals surface area (Å²) in [5, 5.41) is 6.55. The van der Waals surface area contributed by atoms with E-state index in [1.54, 1.807) is 24.3 Å². The van der Waals surface area contributed by atoms with Crippen LogP contribution in [0, 0.1) is 0 Å². The number of rotatable bonds is 4. The molecule has 30 heavy (non-hydrogen) atoms. The lowest BCUT2D eigenvalue weighted by molar-refractivity contribution is -0.156. The lowest BCUT2D eigenvalue weighted by Gasteiger charge is -2.36. The van der Waals surface area contributed by atoms with E-state index in [4.69, 9.17) is 4.42 Å². The molecule has 1 aliphatic heterocycles. The van der Waals surface area contributed by atoms with Gasteiger partial charge >= 0.3 is 18.1 Å². The number of hydrogen-bond donors (Lipinski definition) is 0. The summed E-state index contributed by atoms with van der Waals surface area (Å²) in [7, 11) is 0. The normalized spacial score (nSPS) is 18.0. The highest BCUT2D eigenvalue weighted by atomic mass is 19.4. The predicted molar refractivity (Wildman–Crippen MR) is 103 cm³/mol. The summed E-state index contributed by atoms with van der Waals surface area (Å²) in [6, 6.07) is 7.25. The van der Waals surface area contributed by atoms with Gasteiger partial charge in [0.2, 0.25) is 5.89 Å². The van der Waals surface area contributed by atoms with Crippen molar-refractivity contribution in [2.45, 2.75) is 63.7 Å². The average Bonchev–Trinajstić information content (AvgIpc) is 3.45. The van der Waals surface area contributed by atoms with Crippen molar-refractivity contribution in [3.63, 3.8) is 0 Å². The van der Waals surface area contributed by atoms with Crippen LogP contribution in [0.3, 0.4) is 0 Å². The third-order valence-corrected chi connectivity index (χ3v) is 5.86. The topological polar surface area (TPSA) is 62.5 Å². The second-order valence-corrected chi connectivity index (χ2v) is 8.00. The van der Waals surface area contributed by atoms with Gasteiger partial charge in [0.25, 0.3) is 0 Å². The summed E-state index contributed by atoms with van der Waals surface area (Å²) < 4.78 is 42.7. The molecule has 6 nitrogen and oxygen atoms in total. The standard InChI is InChI=1S/C21H25F3N4O2/c22-21(23,24)19-26-25-18(30-19)16-10-8-15(9-11-16)14-28(17-6-2-3-7-17)20(29)27-12-4-1-5-13-27/h8-11,17H,1-7,12-14H2. The van der Waals surface area contributed by atoms with E-state index in [2.05, 4.69) is 10.2 Å². The van der Waals surface area contributed by atoms with Gasteiger partial charge in [-0.1, -0.05) is 25.0 Å². The number of urea groups is 1. The highest BCUT2D eigenvalue weighted by Crippen LogP contribution is 2.31. The minimum atomic E-state index is -4.66. The van der Waals surface area contributed by atoms with E-state index in [0.29, 0.717) is 12.1 Å². The second kappa shape index (κ2) is 8.65. The van der Waals surface area contributed by atoms with Crippen LogP contribution in [-0.4, -0.2) is 45.2 Å². The number of likely N-dealkylation sites (tertiary alicyclic amines) is 1. The van der Waals surface area contributed by atoms with E-state index in [-0.39, 0.29) is 18.0 Å². The molecule has 2 aliphatic rings. The number of benzene rings is 1. The van der Waals surface area contributed by atoms with E-state index in [9.17, 15) is 18.0 Å². The van der Waals surface area contributed by atoms with Crippen LogP contribution >= 0.6 is 0 Å². The van der Waals surface area contributed by atoms with Crippen molar-refractivity contribution in [1.29, 1.82) is 0 Å². The number of hydrogen-bond acceptors (Lipinski definition) is 4. The number of aromatic nitrogens is 2. The maximum atomic E-state index is 13.2. The van der Waals surface area contributed by atoms with Crippen LogP contribution in [0.1, 0.15) is 56.4 Å². The Morgan fingerprint density at radius 3 is 2.30 bits per heavy atom. The number of carbonyl (C=O) groups excluding carboxylic acids is 1. The maximum absolute atomic E-state index is 13.2. The number of piperidine rings is 1. The zero-order valence-electron chi connectivity index (χ0n) is 16.7. The van der Waals surface area contributed by atoms with E-state index in [0.717, 1.165) is 57.2 Å². The van der Waals surface area contributed by atoms with Gasteiger partial charge < -0.3 is 14.2 Å². The van der Waals surface area contributed by atoms with Gasteiger partial charge in [-0.3, -0.25) is 0 Å². The first-order chi connectivity index (χ1) is 14.4. The van der Waals surface area contributed by atoms with E-state index >= 15 is 0 Å². The van der Waals surface area contributed by atoms with Crippen molar-refractivity contribution in [2.24, 2.45) is 0 Å². The maximum Gasteiger partial charge on any atom is 0.470 e. The molecule has 4 rings (SSSR count). The molecule has 2 fully saturated rings. The number of alkyl halides is 3. The summed E-state index contributed by atoms with van der Waals surface area (Å²) in [5.74, 6) is -1.54. The molecule has 2 heterocycles. The van der Waals surface area contributed by atoms with Crippen LogP contribution in [0.25, 0.3) is 11.5 Å². The highest BCUT2D eigenvalue weighted by Gasteiger charge is 2.38. The van der Waals surface area contributed by atoms with Crippen molar-refractivity contribution < 1.29 is 22.4 Å². The molecule has 1 saturated heterocycles. The Bertz CT molecular complexity index is 854. The summed E-state index contributed by atoms with van der Waals surface area (Å²) in [6.45, 7) is 2.09. The minimum absolute atomic E-state index is 0.0948. The number of nitrogens with zero attached hydrogens (tertiary/aromatic N) is 4. The number of halogens is 3. The van der Waals surface area contributed by atoms with E-state index < -0.39 is 12.1 Å². The predicted octanol–water partition coefficient (Wildman–Crippen LogP) is 5.11. The van der Waals surface area contributed by atoms with Crippen LogP contribution in [0.2, 0.25) is 0 Å². The Morgan fingerprint density at radius 1 is 1.03 bits per heavy atom. The molecule has 0 unspecified atom stereocenters. The molecular formula is C21H25F3N4O2. The van der Waals surface area contributed by atoms with Crippen LogP contribution in [0.15, 0.2) is 28.7 Å². The van der Waals surface area contributed by atoms with Crippen LogP contribution in [0.5, 0.6) is 0 Å². The lowest BCUT2D eigenvalue weighted by Crippen LogP contribution is -2.48. The van der Waals surface area contributed by atoms with Gasteiger partial charge in [0, 0.05) is 31.2 Å². The summed E-state index contributed by atoms with van der Waals surface area (Å²) >= 11 is 0. The molecule has 9 heteroatoms. The molecule has 1 aromatic carbocycles. The first-order valence-electron chi connectivity index (χ1n) is 10.5. The molecule has 162 valence electrons. The van der Waals surface area contributed by atoms with Gasteiger partial charge in [-0.2, -0.15) is 13.2 Å². The van der Waals surface area contributed by atoms with Crippen molar-refractivity contribution in [2.75, 3.05) is 13.1 Å². The third kappa shape index (κ3) is 4.60. The Kier molecular flexibility index (Phi) is 5.97. The summed E-state index contributed by atoms with van der Waals surface area (Å²) in [6.07, 6.45) is 2.88. The van der Waals surface area contributed by atoms with Crippen LogP contribution < -0.4 is 0 Å². The first-order valence-corrected chi connectivity index (χ1v) is 10.5. The summed E-state index contributed by atoms with van der Waals surface area (Å²) in [4.78, 5) is 17.1. The van der Waals surface area contributed by atoms with Crippen molar-refractivity contribution in [3.05, 3.63) is 35.7 Å². The highest BCUT2D eigenvalue weighted by molar-refractivity contribution is 5.75. The molecule has 1 aliphatic carbocycles. The largest absolute Gasteiger partial charge is 0.470 e. The van der Waals surface area contributed by atoms with Gasteiger partial charge in [-0.05, 0) is 49.8 Å². The second-order valence-electron chi connectivity index (χ2n) is 8.00. The van der Waals surface area contributed by atoms with Gasteiger partial charge in [0.1, 0.15) is 0 Å². The van der Waals surface area contributed by atoms with E-state index in [1.165, 1.54) is 6.42 Å². The molecule has 0 radical (unpaired) electrons. The van der Waals surface area contributed by atoms with E-state index in [1.807, 2.05) is 9.80 Å². The fraction of sp³-hybridized carbons (Fsp3) is 0.571. The number of amides is 2. The molecule has 1 saturated carbocycles. The Morgan fingerprint density at radius 2 is 1.70 bits per heavy atom. The van der Waals surface area contributed by atoms with Crippen molar-refractivity contribution >= 4 is 6.03 Å². The molecule has 2 aromatic rings. The monoisotopic (exact) mass is 422 g/mol. The van der Waals surface area contributed by atoms with Crippen LogP contribution in [0.4, 0.5) is 18.0 Å². The fourth-order valence-corrected chi connectivity index (χ4v) is 4.24. The van der Waals surface area contributed by atoms with Gasteiger partial charge in [0.15, 0.2) is 0 Å². The molecule has 0 bridgehead atoms. The SMILES string of the molecule is O=C(N1CCCCC1)N(Cc1ccc(-c2nnc(C(F)(F)F)o2)cc1)C1CCCC1. The van der Waals surface area contributed by atoms with Gasteiger partial charge in [-0.15, -0.1) is 10.2 Å². The smallest absolute Gasteiger partial charge is 0.413 e. The molecule has 0 atom stereocenters. The Hall–Kier alpha value is -2.58. The van der Waals surface area contributed by atoms with Crippen molar-refractivity contribution in [1.82, 2.24) is 20.0 Å². The Labute approximate surface area is 173 Å². The zero-order chi connectivity index (χ0) is 21.1. The molecular weight excluding hydrogens is 397 g/mol.